The maximum Gasteiger partial charge on any atom is 0.164 e. The van der Waals surface area contributed by atoms with E-state index in [1.54, 1.807) is 7.11 Å². The van der Waals surface area contributed by atoms with E-state index in [0.29, 0.717) is 13.0 Å². The summed E-state index contributed by atoms with van der Waals surface area (Å²) >= 11 is 0. The maximum absolute atomic E-state index is 12.7. The van der Waals surface area contributed by atoms with Gasteiger partial charge in [0.2, 0.25) is 0 Å². The molecule has 0 fully saturated rings. The molecule has 0 aliphatic rings. The summed E-state index contributed by atoms with van der Waals surface area (Å²) in [5, 5.41) is 0.977. The summed E-state index contributed by atoms with van der Waals surface area (Å²) < 4.78 is 7.50. The van der Waals surface area contributed by atoms with Gasteiger partial charge < -0.3 is 9.30 Å². The normalized spacial score (nSPS) is 11.3. The monoisotopic (exact) mass is 381 g/mol. The number of methoxy groups -OCH3 is 1. The van der Waals surface area contributed by atoms with Crippen LogP contribution in [0.2, 0.25) is 0 Å². The highest BCUT2D eigenvalue weighted by atomic mass is 16.5. The molecular weight excluding hydrogens is 362 g/mol. The van der Waals surface area contributed by atoms with Crippen LogP contribution < -0.4 is 4.74 Å². The number of carbonyl (C=O) groups excluding carboxylic acids is 1. The van der Waals surface area contributed by atoms with E-state index in [4.69, 9.17) is 14.7 Å². The molecule has 0 spiro atoms. The minimum absolute atomic E-state index is 0.114. The lowest BCUT2D eigenvalue weighted by molar-refractivity contribution is 0.0978. The Balaban J connectivity index is 1.65. The smallest absolute Gasteiger partial charge is 0.164 e. The summed E-state index contributed by atoms with van der Waals surface area (Å²) in [4.78, 5) is 22.4. The number of ketones is 1. The van der Waals surface area contributed by atoms with Gasteiger partial charge in [0.15, 0.2) is 11.4 Å². The van der Waals surface area contributed by atoms with E-state index in [0.717, 1.165) is 44.4 Å². The van der Waals surface area contributed by atoms with Crippen molar-refractivity contribution in [2.45, 2.75) is 13.0 Å². The van der Waals surface area contributed by atoms with Gasteiger partial charge in [-0.05, 0) is 30.3 Å². The molecule has 0 aliphatic carbocycles. The Labute approximate surface area is 167 Å². The number of rotatable bonds is 5. The highest BCUT2D eigenvalue weighted by Gasteiger charge is 2.16. The lowest BCUT2D eigenvalue weighted by Crippen LogP contribution is -2.06. The molecule has 0 aliphatic heterocycles. The van der Waals surface area contributed by atoms with Crippen LogP contribution in [0.5, 0.6) is 5.75 Å². The van der Waals surface area contributed by atoms with E-state index in [9.17, 15) is 4.79 Å². The molecule has 2 aromatic heterocycles. The molecule has 5 heteroatoms. The van der Waals surface area contributed by atoms with Crippen LogP contribution in [-0.2, 0) is 6.54 Å². The minimum atomic E-state index is 0.114. The Hall–Kier alpha value is -3.73. The molecule has 0 atom stereocenters. The highest BCUT2D eigenvalue weighted by molar-refractivity contribution is 6.07. The fourth-order valence-electron chi connectivity index (χ4n) is 3.75. The molecule has 5 nitrogen and oxygen atoms in total. The van der Waals surface area contributed by atoms with Gasteiger partial charge in [0.1, 0.15) is 11.3 Å². The van der Waals surface area contributed by atoms with E-state index < -0.39 is 0 Å². The number of hydrogen-bond acceptors (Lipinski definition) is 4. The Kier molecular flexibility index (Phi) is 4.21. The summed E-state index contributed by atoms with van der Waals surface area (Å²) in [5.74, 6) is 0.884. The zero-order valence-electron chi connectivity index (χ0n) is 16.0. The molecule has 29 heavy (non-hydrogen) atoms. The number of Topliss-reactive ketones (excluding diaryl/α,β-unsaturated/α-hetero) is 1. The molecule has 0 radical (unpaired) electrons. The summed E-state index contributed by atoms with van der Waals surface area (Å²) in [6, 6.07) is 23.1. The second-order valence-corrected chi connectivity index (χ2v) is 6.96. The predicted molar refractivity (Wildman–Crippen MR) is 114 cm³/mol. The van der Waals surface area contributed by atoms with Gasteiger partial charge in [0.05, 0.1) is 23.7 Å². The van der Waals surface area contributed by atoms with Gasteiger partial charge in [-0.15, -0.1) is 0 Å². The number of aryl methyl sites for hydroxylation is 1. The zero-order chi connectivity index (χ0) is 19.8. The standard InChI is InChI=1S/C24H19N3O2/c1-29-17-11-12-21-18(15-17)23-24(26-20-10-6-5-9-19(20)25-23)27(21)14-13-22(28)16-7-3-2-4-8-16/h2-12,15H,13-14H2,1H3. The molecule has 0 unspecified atom stereocenters. The van der Waals surface area contributed by atoms with Crippen LogP contribution in [0.1, 0.15) is 16.8 Å². The van der Waals surface area contributed by atoms with Crippen LogP contribution in [0, 0.1) is 0 Å². The number of benzene rings is 3. The van der Waals surface area contributed by atoms with Crippen molar-refractivity contribution in [2.24, 2.45) is 0 Å². The van der Waals surface area contributed by atoms with E-state index in [-0.39, 0.29) is 5.78 Å². The van der Waals surface area contributed by atoms with Crippen molar-refractivity contribution in [3.8, 4) is 5.75 Å². The van der Waals surface area contributed by atoms with Gasteiger partial charge >= 0.3 is 0 Å². The number of nitrogens with zero attached hydrogens (tertiary/aromatic N) is 3. The van der Waals surface area contributed by atoms with Crippen molar-refractivity contribution < 1.29 is 9.53 Å². The Morgan fingerprint density at radius 3 is 2.41 bits per heavy atom. The van der Waals surface area contributed by atoms with Crippen LogP contribution in [0.25, 0.3) is 33.1 Å². The van der Waals surface area contributed by atoms with Crippen molar-refractivity contribution in [2.75, 3.05) is 7.11 Å². The first-order valence-corrected chi connectivity index (χ1v) is 9.55. The first-order chi connectivity index (χ1) is 14.2. The van der Waals surface area contributed by atoms with E-state index in [1.807, 2.05) is 72.8 Å². The molecule has 5 rings (SSSR count). The fourth-order valence-corrected chi connectivity index (χ4v) is 3.75. The van der Waals surface area contributed by atoms with Crippen LogP contribution >= 0.6 is 0 Å². The summed E-state index contributed by atoms with van der Waals surface area (Å²) in [7, 11) is 1.65. The molecule has 3 aromatic carbocycles. The van der Waals surface area contributed by atoms with Gasteiger partial charge in [0.25, 0.3) is 0 Å². The molecule has 5 aromatic rings. The van der Waals surface area contributed by atoms with E-state index in [2.05, 4.69) is 4.57 Å². The van der Waals surface area contributed by atoms with E-state index in [1.165, 1.54) is 0 Å². The predicted octanol–water partition coefficient (Wildman–Crippen LogP) is 5.02. The average molecular weight is 381 g/mol. The molecule has 142 valence electrons. The average Bonchev–Trinajstić information content (AvgIpc) is 3.08. The molecule has 0 saturated heterocycles. The second-order valence-electron chi connectivity index (χ2n) is 6.96. The van der Waals surface area contributed by atoms with Gasteiger partial charge in [0, 0.05) is 23.9 Å². The molecule has 0 bridgehead atoms. The molecule has 0 N–H and O–H groups in total. The third-order valence-corrected chi connectivity index (χ3v) is 5.22. The first-order valence-electron chi connectivity index (χ1n) is 9.55. The Morgan fingerprint density at radius 2 is 1.66 bits per heavy atom. The van der Waals surface area contributed by atoms with Crippen LogP contribution in [0.15, 0.2) is 72.8 Å². The van der Waals surface area contributed by atoms with Crippen molar-refractivity contribution in [3.63, 3.8) is 0 Å². The summed E-state index contributed by atoms with van der Waals surface area (Å²) in [5.41, 5.74) is 5.02. The Bertz CT molecular complexity index is 1360. The molecule has 2 heterocycles. The van der Waals surface area contributed by atoms with Gasteiger partial charge in [-0.2, -0.15) is 0 Å². The lowest BCUT2D eigenvalue weighted by Gasteiger charge is -2.07. The summed E-state index contributed by atoms with van der Waals surface area (Å²) in [6.45, 7) is 0.535. The van der Waals surface area contributed by atoms with E-state index >= 15 is 0 Å². The van der Waals surface area contributed by atoms with Crippen molar-refractivity contribution in [3.05, 3.63) is 78.4 Å². The first kappa shape index (κ1) is 17.4. The van der Waals surface area contributed by atoms with Gasteiger partial charge in [-0.25, -0.2) is 9.97 Å². The van der Waals surface area contributed by atoms with Crippen LogP contribution in [0.4, 0.5) is 0 Å². The van der Waals surface area contributed by atoms with Crippen molar-refractivity contribution in [1.82, 2.24) is 14.5 Å². The molecule has 0 amide bonds. The van der Waals surface area contributed by atoms with Gasteiger partial charge in [-0.3, -0.25) is 4.79 Å². The topological polar surface area (TPSA) is 57.0 Å². The zero-order valence-corrected chi connectivity index (χ0v) is 16.0. The second kappa shape index (κ2) is 7.02. The number of fused-ring (bicyclic) bond motifs is 4. The van der Waals surface area contributed by atoms with Gasteiger partial charge in [-0.1, -0.05) is 42.5 Å². The third-order valence-electron chi connectivity index (χ3n) is 5.22. The SMILES string of the molecule is COc1ccc2c(c1)c1nc3ccccc3nc1n2CCC(=O)c1ccccc1. The summed E-state index contributed by atoms with van der Waals surface area (Å²) in [6.07, 6.45) is 0.392. The minimum Gasteiger partial charge on any atom is -0.497 e. The van der Waals surface area contributed by atoms with Crippen molar-refractivity contribution in [1.29, 1.82) is 0 Å². The third kappa shape index (κ3) is 3.01. The number of hydrogen-bond donors (Lipinski definition) is 0. The number of ether oxygens (including phenoxy) is 1. The lowest BCUT2D eigenvalue weighted by atomic mass is 10.1. The van der Waals surface area contributed by atoms with Crippen molar-refractivity contribution >= 4 is 38.9 Å². The molecule has 0 saturated carbocycles. The largest absolute Gasteiger partial charge is 0.497 e. The maximum atomic E-state index is 12.7. The number of carbonyl (C=O) groups is 1. The highest BCUT2D eigenvalue weighted by Crippen LogP contribution is 2.31. The quantitative estimate of drug-likeness (QED) is 0.401. The molecular formula is C24H19N3O2. The van der Waals surface area contributed by atoms with Crippen LogP contribution in [-0.4, -0.2) is 27.4 Å². The fraction of sp³-hybridized carbons (Fsp3) is 0.125. The Morgan fingerprint density at radius 1 is 0.931 bits per heavy atom. The van der Waals surface area contributed by atoms with Crippen LogP contribution in [0.3, 0.4) is 0 Å². The number of para-hydroxylation sites is 2. The number of aromatic nitrogens is 3.